The number of ether oxygens (including phenoxy) is 1. The van der Waals surface area contributed by atoms with Crippen LogP contribution in [0.1, 0.15) is 15.9 Å². The molecule has 0 amide bonds. The second-order valence-electron chi connectivity index (χ2n) is 4.60. The van der Waals surface area contributed by atoms with E-state index in [-0.39, 0.29) is 22.8 Å². The Labute approximate surface area is 123 Å². The summed E-state index contributed by atoms with van der Waals surface area (Å²) >= 11 is 0. The maximum Gasteiger partial charge on any atom is 0.270 e. The van der Waals surface area contributed by atoms with Gasteiger partial charge in [0.15, 0.2) is 17.3 Å². The number of hydrogen-bond donors (Lipinski definition) is 2. The van der Waals surface area contributed by atoms with Crippen LogP contribution in [0.4, 0.5) is 5.69 Å². The molecule has 0 saturated carbocycles. The molecule has 0 spiro atoms. The predicted octanol–water partition coefficient (Wildman–Crippen LogP) is 2.62. The number of phenolic OH excluding ortho intramolecular Hbond substituents is 2. The number of nitrogens with zero attached hydrogens (tertiary/aromatic N) is 1. The lowest BCUT2D eigenvalue weighted by molar-refractivity contribution is -0.384. The summed E-state index contributed by atoms with van der Waals surface area (Å²) in [4.78, 5) is 22.4. The van der Waals surface area contributed by atoms with E-state index < -0.39 is 22.2 Å². The molecule has 0 atom stereocenters. The van der Waals surface area contributed by atoms with Crippen molar-refractivity contribution in [1.29, 1.82) is 0 Å². The van der Waals surface area contributed by atoms with Crippen molar-refractivity contribution in [3.8, 4) is 17.2 Å². The fourth-order valence-corrected chi connectivity index (χ4v) is 2.11. The van der Waals surface area contributed by atoms with Gasteiger partial charge in [-0.2, -0.15) is 0 Å². The van der Waals surface area contributed by atoms with E-state index >= 15 is 0 Å². The molecule has 1 aliphatic rings. The van der Waals surface area contributed by atoms with Gasteiger partial charge in [0, 0.05) is 12.1 Å². The number of carbonyl (C=O) groups is 1. The van der Waals surface area contributed by atoms with Gasteiger partial charge in [-0.3, -0.25) is 14.9 Å². The number of rotatable bonds is 2. The van der Waals surface area contributed by atoms with E-state index in [1.807, 2.05) is 0 Å². The number of ketones is 1. The highest BCUT2D eigenvalue weighted by Crippen LogP contribution is 2.44. The van der Waals surface area contributed by atoms with Crippen LogP contribution in [-0.2, 0) is 0 Å². The SMILES string of the molecule is O=C1C(=Cc2cccc([N+](=O)[O-])c2)Oc2c1ccc(O)c2O. The van der Waals surface area contributed by atoms with Crippen molar-refractivity contribution in [2.24, 2.45) is 0 Å². The van der Waals surface area contributed by atoms with Crippen molar-refractivity contribution in [2.45, 2.75) is 0 Å². The average molecular weight is 299 g/mol. The summed E-state index contributed by atoms with van der Waals surface area (Å²) in [7, 11) is 0. The maximum atomic E-state index is 12.2. The number of carbonyl (C=O) groups excluding carboxylic acids is 1. The molecular formula is C15H9NO6. The Morgan fingerprint density at radius 3 is 2.68 bits per heavy atom. The number of phenols is 2. The number of fused-ring (bicyclic) bond motifs is 1. The van der Waals surface area contributed by atoms with Crippen molar-refractivity contribution in [3.63, 3.8) is 0 Å². The topological polar surface area (TPSA) is 110 Å². The van der Waals surface area contributed by atoms with Crippen LogP contribution in [0.15, 0.2) is 42.2 Å². The summed E-state index contributed by atoms with van der Waals surface area (Å²) in [6.07, 6.45) is 1.34. The van der Waals surface area contributed by atoms with Gasteiger partial charge in [0.2, 0.25) is 11.5 Å². The van der Waals surface area contributed by atoms with Crippen LogP contribution in [0.5, 0.6) is 17.2 Å². The van der Waals surface area contributed by atoms with Crippen LogP contribution in [0.3, 0.4) is 0 Å². The Hall–Kier alpha value is -3.35. The lowest BCUT2D eigenvalue weighted by Crippen LogP contribution is -1.98. The first-order chi connectivity index (χ1) is 10.5. The van der Waals surface area contributed by atoms with Crippen LogP contribution >= 0.6 is 0 Å². The minimum absolute atomic E-state index is 0.0867. The summed E-state index contributed by atoms with van der Waals surface area (Å²) in [6, 6.07) is 8.21. The van der Waals surface area contributed by atoms with Gasteiger partial charge < -0.3 is 14.9 Å². The van der Waals surface area contributed by atoms with Gasteiger partial charge in [-0.25, -0.2) is 0 Å². The molecule has 7 heteroatoms. The molecule has 0 unspecified atom stereocenters. The number of aromatic hydroxyl groups is 2. The molecule has 2 aromatic carbocycles. The Bertz CT molecular complexity index is 840. The van der Waals surface area contributed by atoms with Gasteiger partial charge in [0.1, 0.15) is 0 Å². The number of nitro groups is 1. The first-order valence-corrected chi connectivity index (χ1v) is 6.21. The summed E-state index contributed by atoms with van der Waals surface area (Å²) in [5.74, 6) is -1.61. The molecule has 1 aliphatic heterocycles. The van der Waals surface area contributed by atoms with Crippen molar-refractivity contribution in [1.82, 2.24) is 0 Å². The van der Waals surface area contributed by atoms with Gasteiger partial charge in [0.05, 0.1) is 10.5 Å². The molecule has 1 heterocycles. The quantitative estimate of drug-likeness (QED) is 0.382. The van der Waals surface area contributed by atoms with Crippen LogP contribution in [0, 0.1) is 10.1 Å². The lowest BCUT2D eigenvalue weighted by atomic mass is 10.1. The zero-order chi connectivity index (χ0) is 15.9. The molecular weight excluding hydrogens is 290 g/mol. The first kappa shape index (κ1) is 13.6. The van der Waals surface area contributed by atoms with E-state index in [0.717, 1.165) is 0 Å². The number of Topliss-reactive ketones (excluding diaryl/α,β-unsaturated/α-hetero) is 1. The van der Waals surface area contributed by atoms with E-state index in [1.54, 1.807) is 6.07 Å². The molecule has 22 heavy (non-hydrogen) atoms. The molecule has 0 radical (unpaired) electrons. The molecule has 3 rings (SSSR count). The molecule has 0 fully saturated rings. The third-order valence-corrected chi connectivity index (χ3v) is 3.17. The molecule has 7 nitrogen and oxygen atoms in total. The molecule has 0 aromatic heterocycles. The predicted molar refractivity (Wildman–Crippen MR) is 75.8 cm³/mol. The second kappa shape index (κ2) is 4.88. The summed E-state index contributed by atoms with van der Waals surface area (Å²) in [5, 5.41) is 29.8. The largest absolute Gasteiger partial charge is 0.504 e. The van der Waals surface area contributed by atoms with Crippen molar-refractivity contribution < 1.29 is 24.7 Å². The van der Waals surface area contributed by atoms with Crippen LogP contribution < -0.4 is 4.74 Å². The summed E-state index contributed by atoms with van der Waals surface area (Å²) in [6.45, 7) is 0. The van der Waals surface area contributed by atoms with Gasteiger partial charge in [0.25, 0.3) is 5.69 Å². The summed E-state index contributed by atoms with van der Waals surface area (Å²) < 4.78 is 5.27. The highest BCUT2D eigenvalue weighted by atomic mass is 16.6. The molecule has 110 valence electrons. The van der Waals surface area contributed by atoms with Gasteiger partial charge in [-0.05, 0) is 23.8 Å². The van der Waals surface area contributed by atoms with Crippen molar-refractivity contribution in [3.05, 3.63) is 63.4 Å². The second-order valence-corrected chi connectivity index (χ2v) is 4.60. The third-order valence-electron chi connectivity index (χ3n) is 3.17. The average Bonchev–Trinajstić information content (AvgIpc) is 2.81. The number of benzene rings is 2. The zero-order valence-corrected chi connectivity index (χ0v) is 11.0. The minimum Gasteiger partial charge on any atom is -0.504 e. The van der Waals surface area contributed by atoms with Crippen LogP contribution in [0.2, 0.25) is 0 Å². The number of nitro benzene ring substituents is 1. The molecule has 0 bridgehead atoms. The molecule has 0 aliphatic carbocycles. The van der Waals surface area contributed by atoms with Crippen LogP contribution in [-0.4, -0.2) is 20.9 Å². The monoisotopic (exact) mass is 299 g/mol. The van der Waals surface area contributed by atoms with E-state index in [1.165, 1.54) is 36.4 Å². The highest BCUT2D eigenvalue weighted by Gasteiger charge is 2.31. The Kier molecular flexibility index (Phi) is 3.03. The zero-order valence-electron chi connectivity index (χ0n) is 11.0. The van der Waals surface area contributed by atoms with Crippen molar-refractivity contribution >= 4 is 17.5 Å². The minimum atomic E-state index is -0.544. The standard InChI is InChI=1S/C15H9NO6/c17-11-5-4-10-13(18)12(22-15(10)14(11)19)7-8-2-1-3-9(6-8)16(20)21/h1-7,17,19H. The van der Waals surface area contributed by atoms with Gasteiger partial charge in [-0.15, -0.1) is 0 Å². The van der Waals surface area contributed by atoms with Gasteiger partial charge >= 0.3 is 0 Å². The third kappa shape index (κ3) is 2.14. The van der Waals surface area contributed by atoms with E-state index in [2.05, 4.69) is 0 Å². The highest BCUT2D eigenvalue weighted by molar-refractivity contribution is 6.15. The first-order valence-electron chi connectivity index (χ1n) is 6.21. The molecule has 0 saturated heterocycles. The smallest absolute Gasteiger partial charge is 0.270 e. The van der Waals surface area contributed by atoms with E-state index in [4.69, 9.17) is 4.74 Å². The molecule has 2 aromatic rings. The number of non-ortho nitro benzene ring substituents is 1. The van der Waals surface area contributed by atoms with Crippen LogP contribution in [0.25, 0.3) is 6.08 Å². The Balaban J connectivity index is 2.01. The lowest BCUT2D eigenvalue weighted by Gasteiger charge is -2.02. The Morgan fingerprint density at radius 1 is 1.18 bits per heavy atom. The fourth-order valence-electron chi connectivity index (χ4n) is 2.11. The van der Waals surface area contributed by atoms with E-state index in [0.29, 0.717) is 5.56 Å². The maximum absolute atomic E-state index is 12.2. The van der Waals surface area contributed by atoms with Crippen molar-refractivity contribution in [2.75, 3.05) is 0 Å². The number of allylic oxidation sites excluding steroid dienone is 1. The normalized spacial score (nSPS) is 14.7. The van der Waals surface area contributed by atoms with Gasteiger partial charge in [-0.1, -0.05) is 12.1 Å². The van der Waals surface area contributed by atoms with E-state index in [9.17, 15) is 25.1 Å². The molecule has 2 N–H and O–H groups in total. The number of hydrogen-bond acceptors (Lipinski definition) is 6. The fraction of sp³-hybridized carbons (Fsp3) is 0. The Morgan fingerprint density at radius 2 is 1.95 bits per heavy atom. The summed E-state index contributed by atoms with van der Waals surface area (Å²) in [5.41, 5.74) is 0.416.